The first-order valence-electron chi connectivity index (χ1n) is 10.8. The second kappa shape index (κ2) is 9.72. The first kappa shape index (κ1) is 21.1. The molecule has 2 heterocycles. The molecule has 1 fully saturated rings. The normalized spacial score (nSPS) is 16.7. The Kier molecular flexibility index (Phi) is 7.07. The average Bonchev–Trinajstić information content (AvgIpc) is 2.77. The van der Waals surface area contributed by atoms with E-state index in [1.165, 1.54) is 0 Å². The fourth-order valence-corrected chi connectivity index (χ4v) is 4.03. The van der Waals surface area contributed by atoms with Gasteiger partial charge in [0.15, 0.2) is 0 Å². The number of para-hydroxylation sites is 1. The molecule has 1 N–H and O–H groups in total. The molecule has 2 amide bonds. The van der Waals surface area contributed by atoms with Crippen LogP contribution in [-0.4, -0.2) is 54.4 Å². The quantitative estimate of drug-likeness (QED) is 0.778. The lowest BCUT2D eigenvalue weighted by Crippen LogP contribution is -2.45. The van der Waals surface area contributed by atoms with Gasteiger partial charge in [0.05, 0.1) is 17.0 Å². The Morgan fingerprint density at radius 3 is 2.69 bits per heavy atom. The summed E-state index contributed by atoms with van der Waals surface area (Å²) < 4.78 is 0. The second-order valence-electron chi connectivity index (χ2n) is 7.60. The third-order valence-electron chi connectivity index (χ3n) is 5.65. The van der Waals surface area contributed by atoms with Gasteiger partial charge < -0.3 is 15.1 Å². The molecule has 1 aliphatic heterocycles. The van der Waals surface area contributed by atoms with Gasteiger partial charge in [-0.25, -0.2) is 4.98 Å². The third kappa shape index (κ3) is 4.69. The highest BCUT2D eigenvalue weighted by atomic mass is 16.2. The molecule has 0 bridgehead atoms. The number of pyridine rings is 1. The van der Waals surface area contributed by atoms with Crippen molar-refractivity contribution in [3.8, 4) is 0 Å². The van der Waals surface area contributed by atoms with Gasteiger partial charge in [0.25, 0.3) is 5.91 Å². The van der Waals surface area contributed by atoms with Crippen molar-refractivity contribution in [2.45, 2.75) is 40.0 Å². The van der Waals surface area contributed by atoms with Gasteiger partial charge >= 0.3 is 0 Å². The lowest BCUT2D eigenvalue weighted by Gasteiger charge is -2.35. The van der Waals surface area contributed by atoms with Crippen LogP contribution in [0, 0.1) is 5.92 Å². The van der Waals surface area contributed by atoms with Gasteiger partial charge in [0.1, 0.15) is 5.82 Å². The van der Waals surface area contributed by atoms with Gasteiger partial charge in [-0.2, -0.15) is 0 Å². The third-order valence-corrected chi connectivity index (χ3v) is 5.65. The molecule has 1 unspecified atom stereocenters. The Balaban J connectivity index is 1.90. The number of nitrogens with one attached hydrogen (secondary N) is 1. The van der Waals surface area contributed by atoms with Gasteiger partial charge in [0, 0.05) is 38.1 Å². The van der Waals surface area contributed by atoms with Gasteiger partial charge in [-0.1, -0.05) is 25.1 Å². The predicted octanol–water partition coefficient (Wildman–Crippen LogP) is 3.46. The van der Waals surface area contributed by atoms with E-state index in [4.69, 9.17) is 4.98 Å². The maximum atomic E-state index is 12.9. The van der Waals surface area contributed by atoms with Crippen LogP contribution in [0.2, 0.25) is 0 Å². The van der Waals surface area contributed by atoms with Crippen LogP contribution in [0.4, 0.5) is 5.82 Å². The van der Waals surface area contributed by atoms with Crippen LogP contribution in [0.5, 0.6) is 0 Å². The molecule has 1 aromatic carbocycles. The SMILES string of the molecule is CCCNC(=O)c1cc(N2CCCC(C(=O)N(CC)CC)C2)nc2ccccc12. The van der Waals surface area contributed by atoms with Crippen molar-refractivity contribution >= 4 is 28.5 Å². The monoisotopic (exact) mass is 396 g/mol. The molecule has 1 atom stereocenters. The summed E-state index contributed by atoms with van der Waals surface area (Å²) in [5.41, 5.74) is 1.46. The van der Waals surface area contributed by atoms with Crippen molar-refractivity contribution in [3.05, 3.63) is 35.9 Å². The summed E-state index contributed by atoms with van der Waals surface area (Å²) in [5.74, 6) is 0.914. The van der Waals surface area contributed by atoms with Crippen LogP contribution in [0.25, 0.3) is 10.9 Å². The Hall–Kier alpha value is -2.63. The molecule has 29 heavy (non-hydrogen) atoms. The number of nitrogens with zero attached hydrogens (tertiary/aromatic N) is 3. The number of hydrogen-bond donors (Lipinski definition) is 1. The number of amides is 2. The zero-order valence-electron chi connectivity index (χ0n) is 17.8. The van der Waals surface area contributed by atoms with Crippen molar-refractivity contribution in [2.24, 2.45) is 5.92 Å². The maximum Gasteiger partial charge on any atom is 0.252 e. The number of rotatable bonds is 7. The van der Waals surface area contributed by atoms with Gasteiger partial charge in [-0.05, 0) is 45.2 Å². The molecule has 156 valence electrons. The first-order chi connectivity index (χ1) is 14.1. The Labute approximate surface area is 173 Å². The van der Waals surface area contributed by atoms with E-state index >= 15 is 0 Å². The average molecular weight is 397 g/mol. The maximum absolute atomic E-state index is 12.9. The largest absolute Gasteiger partial charge is 0.356 e. The van der Waals surface area contributed by atoms with Crippen LogP contribution in [-0.2, 0) is 4.79 Å². The number of piperidine rings is 1. The molecule has 0 aliphatic carbocycles. The smallest absolute Gasteiger partial charge is 0.252 e. The lowest BCUT2D eigenvalue weighted by molar-refractivity contribution is -0.135. The number of benzene rings is 1. The zero-order chi connectivity index (χ0) is 20.8. The summed E-state index contributed by atoms with van der Waals surface area (Å²) in [6.07, 6.45) is 2.75. The molecular formula is C23H32N4O2. The van der Waals surface area contributed by atoms with Crippen LogP contribution in [0.3, 0.4) is 0 Å². The highest BCUT2D eigenvalue weighted by Crippen LogP contribution is 2.27. The Morgan fingerprint density at radius 1 is 1.21 bits per heavy atom. The van der Waals surface area contributed by atoms with Crippen molar-refractivity contribution < 1.29 is 9.59 Å². The summed E-state index contributed by atoms with van der Waals surface area (Å²) in [4.78, 5) is 34.5. The molecular weight excluding hydrogens is 364 g/mol. The summed E-state index contributed by atoms with van der Waals surface area (Å²) in [7, 11) is 0. The molecule has 6 nitrogen and oxygen atoms in total. The van der Waals surface area contributed by atoms with E-state index in [-0.39, 0.29) is 17.7 Å². The second-order valence-corrected chi connectivity index (χ2v) is 7.60. The van der Waals surface area contributed by atoms with E-state index in [9.17, 15) is 9.59 Å². The number of carbonyl (C=O) groups excluding carboxylic acids is 2. The van der Waals surface area contributed by atoms with E-state index in [1.807, 2.05) is 56.0 Å². The van der Waals surface area contributed by atoms with Crippen LogP contribution in [0.1, 0.15) is 50.4 Å². The van der Waals surface area contributed by atoms with Crippen molar-refractivity contribution in [1.82, 2.24) is 15.2 Å². The molecule has 2 aromatic rings. The van der Waals surface area contributed by atoms with Crippen molar-refractivity contribution in [2.75, 3.05) is 37.6 Å². The topological polar surface area (TPSA) is 65.5 Å². The molecule has 0 spiro atoms. The van der Waals surface area contributed by atoms with Crippen LogP contribution in [0.15, 0.2) is 30.3 Å². The summed E-state index contributed by atoms with van der Waals surface area (Å²) in [6.45, 7) is 9.71. The standard InChI is InChI=1S/C23H32N4O2/c1-4-13-24-22(28)19-15-21(25-20-12-8-7-11-18(19)20)27-14-9-10-17(16-27)23(29)26(5-2)6-3/h7-8,11-12,15,17H,4-6,9-10,13-14,16H2,1-3H3,(H,24,28). The van der Waals surface area contributed by atoms with E-state index in [2.05, 4.69) is 10.2 Å². The van der Waals surface area contributed by atoms with E-state index in [0.29, 0.717) is 18.7 Å². The fraction of sp³-hybridized carbons (Fsp3) is 0.522. The van der Waals surface area contributed by atoms with Crippen molar-refractivity contribution in [1.29, 1.82) is 0 Å². The minimum Gasteiger partial charge on any atom is -0.356 e. The highest BCUT2D eigenvalue weighted by molar-refractivity contribution is 6.07. The highest BCUT2D eigenvalue weighted by Gasteiger charge is 2.29. The summed E-state index contributed by atoms with van der Waals surface area (Å²) in [6, 6.07) is 9.64. The number of hydrogen-bond acceptors (Lipinski definition) is 4. The number of carbonyl (C=O) groups is 2. The van der Waals surface area contributed by atoms with Gasteiger partial charge in [-0.3, -0.25) is 9.59 Å². The van der Waals surface area contributed by atoms with Gasteiger partial charge in [-0.15, -0.1) is 0 Å². The number of aromatic nitrogens is 1. The van der Waals surface area contributed by atoms with Crippen LogP contribution < -0.4 is 10.2 Å². The minimum atomic E-state index is -0.0699. The molecule has 1 aromatic heterocycles. The molecule has 0 saturated carbocycles. The molecule has 3 rings (SSSR count). The summed E-state index contributed by atoms with van der Waals surface area (Å²) in [5, 5.41) is 3.84. The number of fused-ring (bicyclic) bond motifs is 1. The lowest BCUT2D eigenvalue weighted by atomic mass is 9.96. The zero-order valence-corrected chi connectivity index (χ0v) is 17.8. The predicted molar refractivity (Wildman–Crippen MR) is 117 cm³/mol. The molecule has 1 saturated heterocycles. The van der Waals surface area contributed by atoms with Gasteiger partial charge in [0.2, 0.25) is 5.91 Å². The fourth-order valence-electron chi connectivity index (χ4n) is 4.03. The first-order valence-corrected chi connectivity index (χ1v) is 10.8. The van der Waals surface area contributed by atoms with E-state index in [1.54, 1.807) is 0 Å². The summed E-state index contributed by atoms with van der Waals surface area (Å²) >= 11 is 0. The Morgan fingerprint density at radius 2 is 1.97 bits per heavy atom. The van der Waals surface area contributed by atoms with Crippen LogP contribution >= 0.6 is 0 Å². The minimum absolute atomic E-state index is 0.0192. The number of anilines is 1. The Bertz CT molecular complexity index is 863. The van der Waals surface area contributed by atoms with E-state index in [0.717, 1.165) is 55.6 Å². The molecule has 1 aliphatic rings. The van der Waals surface area contributed by atoms with E-state index < -0.39 is 0 Å². The molecule has 6 heteroatoms. The molecule has 0 radical (unpaired) electrons. The van der Waals surface area contributed by atoms with Crippen molar-refractivity contribution in [3.63, 3.8) is 0 Å².